The van der Waals surface area contributed by atoms with Crippen LogP contribution in [0.15, 0.2) is 36.5 Å². The number of nitrogens with two attached hydrogens (primary N) is 1. The molecule has 1 aromatic heterocycles. The molecule has 0 saturated heterocycles. The third-order valence-electron chi connectivity index (χ3n) is 2.49. The lowest BCUT2D eigenvalue weighted by molar-refractivity contribution is -0.384. The van der Waals surface area contributed by atoms with Crippen LogP contribution in [0, 0.1) is 10.1 Å². The molecule has 1 aromatic carbocycles. The number of pyridine rings is 1. The van der Waals surface area contributed by atoms with E-state index in [1.807, 2.05) is 0 Å². The van der Waals surface area contributed by atoms with Gasteiger partial charge in [0.25, 0.3) is 5.69 Å². The van der Waals surface area contributed by atoms with Gasteiger partial charge in [-0.15, -0.1) is 0 Å². The molecule has 0 amide bonds. The maximum atomic E-state index is 10.7. The molecule has 0 unspecified atom stereocenters. The van der Waals surface area contributed by atoms with Crippen molar-refractivity contribution in [2.75, 3.05) is 12.8 Å². The summed E-state index contributed by atoms with van der Waals surface area (Å²) >= 11 is 0. The van der Waals surface area contributed by atoms with Crippen molar-refractivity contribution in [2.24, 2.45) is 0 Å². The van der Waals surface area contributed by atoms with Crippen molar-refractivity contribution in [1.29, 1.82) is 0 Å². The number of nitro groups is 1. The van der Waals surface area contributed by atoms with Gasteiger partial charge in [-0.3, -0.25) is 10.1 Å². The summed E-state index contributed by atoms with van der Waals surface area (Å²) in [4.78, 5) is 14.1. The fraction of sp³-hybridized carbons (Fsp3) is 0.0833. The van der Waals surface area contributed by atoms with Crippen molar-refractivity contribution in [3.05, 3.63) is 46.6 Å². The average molecular weight is 245 g/mol. The Morgan fingerprint density at radius 1 is 1.33 bits per heavy atom. The number of aromatic nitrogens is 1. The molecule has 2 aromatic rings. The van der Waals surface area contributed by atoms with Gasteiger partial charge in [-0.25, -0.2) is 4.98 Å². The molecule has 0 aliphatic carbocycles. The second-order valence-electron chi connectivity index (χ2n) is 3.61. The summed E-state index contributed by atoms with van der Waals surface area (Å²) in [7, 11) is 1.47. The summed E-state index contributed by atoms with van der Waals surface area (Å²) in [5.74, 6) is 0.808. The molecule has 0 fully saturated rings. The number of methoxy groups -OCH3 is 1. The molecule has 0 aliphatic heterocycles. The van der Waals surface area contributed by atoms with E-state index < -0.39 is 4.92 Å². The Bertz CT molecular complexity index is 599. The van der Waals surface area contributed by atoms with Gasteiger partial charge in [0.15, 0.2) is 0 Å². The predicted octanol–water partition coefficient (Wildman–Crippen LogP) is 2.25. The van der Waals surface area contributed by atoms with E-state index in [4.69, 9.17) is 10.5 Å². The number of nitro benzene ring substituents is 1. The Balaban J connectivity index is 2.54. The van der Waals surface area contributed by atoms with E-state index in [0.717, 1.165) is 11.1 Å². The van der Waals surface area contributed by atoms with E-state index in [1.54, 1.807) is 24.4 Å². The SMILES string of the molecule is COc1cc([N+](=O)[O-])ccc1-c1ccnc(N)c1. The van der Waals surface area contributed by atoms with Crippen molar-refractivity contribution in [2.45, 2.75) is 0 Å². The second kappa shape index (κ2) is 4.70. The number of nitrogens with zero attached hydrogens (tertiary/aromatic N) is 2. The van der Waals surface area contributed by atoms with Gasteiger partial charge in [0.2, 0.25) is 0 Å². The molecule has 1 heterocycles. The highest BCUT2D eigenvalue weighted by atomic mass is 16.6. The van der Waals surface area contributed by atoms with Gasteiger partial charge in [0.1, 0.15) is 11.6 Å². The van der Waals surface area contributed by atoms with Gasteiger partial charge in [-0.1, -0.05) is 0 Å². The van der Waals surface area contributed by atoms with E-state index in [2.05, 4.69) is 4.98 Å². The molecule has 6 nitrogen and oxygen atoms in total. The van der Waals surface area contributed by atoms with Crippen LogP contribution in [0.2, 0.25) is 0 Å². The zero-order valence-electron chi connectivity index (χ0n) is 9.66. The lowest BCUT2D eigenvalue weighted by Crippen LogP contribution is -1.94. The molecule has 18 heavy (non-hydrogen) atoms. The zero-order chi connectivity index (χ0) is 13.1. The van der Waals surface area contributed by atoms with E-state index >= 15 is 0 Å². The van der Waals surface area contributed by atoms with E-state index in [-0.39, 0.29) is 5.69 Å². The quantitative estimate of drug-likeness (QED) is 0.661. The summed E-state index contributed by atoms with van der Waals surface area (Å²) in [5, 5.41) is 10.7. The number of rotatable bonds is 3. The van der Waals surface area contributed by atoms with E-state index in [9.17, 15) is 10.1 Å². The second-order valence-corrected chi connectivity index (χ2v) is 3.61. The number of ether oxygens (including phenoxy) is 1. The smallest absolute Gasteiger partial charge is 0.273 e. The van der Waals surface area contributed by atoms with Crippen LogP contribution < -0.4 is 10.5 Å². The van der Waals surface area contributed by atoms with Crippen molar-refractivity contribution >= 4 is 11.5 Å². The molecule has 0 saturated carbocycles. The van der Waals surface area contributed by atoms with Crippen molar-refractivity contribution in [3.63, 3.8) is 0 Å². The van der Waals surface area contributed by atoms with Gasteiger partial charge >= 0.3 is 0 Å². The molecule has 6 heteroatoms. The van der Waals surface area contributed by atoms with Gasteiger partial charge < -0.3 is 10.5 Å². The van der Waals surface area contributed by atoms with Crippen LogP contribution in [0.1, 0.15) is 0 Å². The minimum absolute atomic E-state index is 0.0161. The fourth-order valence-electron chi connectivity index (χ4n) is 1.65. The maximum Gasteiger partial charge on any atom is 0.273 e. The maximum absolute atomic E-state index is 10.7. The average Bonchev–Trinajstić information content (AvgIpc) is 2.37. The molecular formula is C12H11N3O3. The Morgan fingerprint density at radius 3 is 2.72 bits per heavy atom. The van der Waals surface area contributed by atoms with Gasteiger partial charge in [0.05, 0.1) is 18.1 Å². The first-order valence-corrected chi connectivity index (χ1v) is 5.16. The molecule has 0 spiro atoms. The molecule has 0 bridgehead atoms. The number of anilines is 1. The number of nitrogen functional groups attached to an aromatic ring is 1. The Hall–Kier alpha value is -2.63. The van der Waals surface area contributed by atoms with Crippen LogP contribution in [-0.4, -0.2) is 17.0 Å². The first kappa shape index (κ1) is 11.8. The predicted molar refractivity (Wildman–Crippen MR) is 67.3 cm³/mol. The van der Waals surface area contributed by atoms with Crippen molar-refractivity contribution in [3.8, 4) is 16.9 Å². The number of hydrogen-bond acceptors (Lipinski definition) is 5. The molecule has 0 aliphatic rings. The number of hydrogen-bond donors (Lipinski definition) is 1. The highest BCUT2D eigenvalue weighted by molar-refractivity contribution is 5.73. The summed E-state index contributed by atoms with van der Waals surface area (Å²) < 4.78 is 5.16. The third kappa shape index (κ3) is 2.22. The van der Waals surface area contributed by atoms with Crippen LogP contribution in [0.5, 0.6) is 5.75 Å². The van der Waals surface area contributed by atoms with E-state index in [0.29, 0.717) is 11.6 Å². The van der Waals surface area contributed by atoms with Crippen molar-refractivity contribution < 1.29 is 9.66 Å². The molecule has 0 atom stereocenters. The van der Waals surface area contributed by atoms with Gasteiger partial charge in [-0.2, -0.15) is 0 Å². The summed E-state index contributed by atoms with van der Waals surface area (Å²) in [6.07, 6.45) is 1.57. The Kier molecular flexibility index (Phi) is 3.09. The third-order valence-corrected chi connectivity index (χ3v) is 2.49. The number of non-ortho nitro benzene ring substituents is 1. The Morgan fingerprint density at radius 2 is 2.11 bits per heavy atom. The standard InChI is InChI=1S/C12H11N3O3/c1-18-11-7-9(15(16)17)2-3-10(11)8-4-5-14-12(13)6-8/h2-7H,1H3,(H2,13,14). The van der Waals surface area contributed by atoms with E-state index in [1.165, 1.54) is 19.2 Å². The lowest BCUT2D eigenvalue weighted by atomic mass is 10.1. The Labute approximate surface area is 103 Å². The molecule has 92 valence electrons. The molecular weight excluding hydrogens is 234 g/mol. The van der Waals surface area contributed by atoms with Crippen LogP contribution in [0.25, 0.3) is 11.1 Å². The molecule has 0 radical (unpaired) electrons. The first-order chi connectivity index (χ1) is 8.61. The highest BCUT2D eigenvalue weighted by Crippen LogP contribution is 2.33. The summed E-state index contributed by atoms with van der Waals surface area (Å²) in [6.45, 7) is 0. The monoisotopic (exact) mass is 245 g/mol. The first-order valence-electron chi connectivity index (χ1n) is 5.16. The molecule has 2 rings (SSSR count). The van der Waals surface area contributed by atoms with Crippen LogP contribution in [0.4, 0.5) is 11.5 Å². The topological polar surface area (TPSA) is 91.3 Å². The lowest BCUT2D eigenvalue weighted by Gasteiger charge is -2.08. The van der Waals surface area contributed by atoms with Gasteiger partial charge in [0, 0.05) is 17.8 Å². The van der Waals surface area contributed by atoms with Crippen LogP contribution in [-0.2, 0) is 0 Å². The summed E-state index contributed by atoms with van der Waals surface area (Å²) in [6, 6.07) is 7.88. The van der Waals surface area contributed by atoms with Crippen LogP contribution in [0.3, 0.4) is 0 Å². The summed E-state index contributed by atoms with van der Waals surface area (Å²) in [5.41, 5.74) is 7.12. The zero-order valence-corrected chi connectivity index (χ0v) is 9.66. The number of benzene rings is 1. The van der Waals surface area contributed by atoms with Crippen molar-refractivity contribution in [1.82, 2.24) is 4.98 Å². The fourth-order valence-corrected chi connectivity index (χ4v) is 1.65. The minimum atomic E-state index is -0.465. The normalized spacial score (nSPS) is 10.1. The van der Waals surface area contributed by atoms with Gasteiger partial charge in [-0.05, 0) is 23.8 Å². The van der Waals surface area contributed by atoms with Crippen LogP contribution >= 0.6 is 0 Å². The highest BCUT2D eigenvalue weighted by Gasteiger charge is 2.12. The largest absolute Gasteiger partial charge is 0.496 e. The minimum Gasteiger partial charge on any atom is -0.496 e. The molecule has 2 N–H and O–H groups in total.